The van der Waals surface area contributed by atoms with E-state index in [1.54, 1.807) is 24.3 Å². The van der Waals surface area contributed by atoms with E-state index in [0.717, 1.165) is 6.42 Å². The number of hydrogen-bond acceptors (Lipinski definition) is 6. The Morgan fingerprint density at radius 2 is 1.81 bits per heavy atom. The Hall–Kier alpha value is -3.55. The summed E-state index contributed by atoms with van der Waals surface area (Å²) in [5.41, 5.74) is 2.88. The zero-order valence-corrected chi connectivity index (χ0v) is 15.0. The number of hydrogen-bond donors (Lipinski definition) is 1. The summed E-state index contributed by atoms with van der Waals surface area (Å²) in [7, 11) is 0. The number of ether oxygens (including phenoxy) is 1. The Bertz CT molecular complexity index is 906. The van der Waals surface area contributed by atoms with Crippen LogP contribution in [0.4, 0.5) is 5.69 Å². The molecule has 3 rings (SSSR count). The molecular weight excluding hydrogens is 346 g/mol. The Morgan fingerprint density at radius 1 is 1.11 bits per heavy atom. The van der Waals surface area contributed by atoms with Crippen LogP contribution in [0.15, 0.2) is 54.9 Å². The topological polar surface area (TPSA) is 99.0 Å². The minimum Gasteiger partial charge on any atom is -0.449 e. The quantitative estimate of drug-likeness (QED) is 0.674. The van der Waals surface area contributed by atoms with Crippen LogP contribution < -0.4 is 5.32 Å². The average Bonchev–Trinajstić information content (AvgIpc) is 3.23. The predicted octanol–water partition coefficient (Wildman–Crippen LogP) is 2.41. The smallest absolute Gasteiger partial charge is 0.338 e. The fourth-order valence-corrected chi connectivity index (χ4v) is 2.38. The molecule has 1 N–H and O–H groups in total. The van der Waals surface area contributed by atoms with Crippen LogP contribution in [-0.2, 0) is 16.0 Å². The monoisotopic (exact) mass is 365 g/mol. The molecular formula is C19H19N5O3. The van der Waals surface area contributed by atoms with E-state index in [2.05, 4.69) is 27.8 Å². The number of amides is 1. The van der Waals surface area contributed by atoms with Crippen molar-refractivity contribution in [1.82, 2.24) is 20.2 Å². The van der Waals surface area contributed by atoms with Crippen molar-refractivity contribution in [1.29, 1.82) is 0 Å². The number of aryl methyl sites for hydroxylation is 1. The molecule has 0 fully saturated rings. The van der Waals surface area contributed by atoms with E-state index in [1.165, 1.54) is 23.5 Å². The van der Waals surface area contributed by atoms with E-state index in [9.17, 15) is 9.59 Å². The highest BCUT2D eigenvalue weighted by Gasteiger charge is 2.19. The van der Waals surface area contributed by atoms with Gasteiger partial charge < -0.3 is 10.1 Å². The number of nitrogens with one attached hydrogen (secondary N) is 1. The number of anilines is 1. The molecule has 3 aromatic rings. The summed E-state index contributed by atoms with van der Waals surface area (Å²) in [5.74, 6) is -0.972. The summed E-state index contributed by atoms with van der Waals surface area (Å²) in [6.07, 6.45) is 1.45. The second-order valence-electron chi connectivity index (χ2n) is 5.89. The van der Waals surface area contributed by atoms with E-state index in [1.807, 2.05) is 24.3 Å². The Morgan fingerprint density at radius 3 is 2.41 bits per heavy atom. The number of benzene rings is 2. The molecule has 1 heterocycles. The van der Waals surface area contributed by atoms with Crippen molar-refractivity contribution in [2.24, 2.45) is 0 Å². The first kappa shape index (κ1) is 18.2. The Kier molecular flexibility index (Phi) is 5.55. The summed E-state index contributed by atoms with van der Waals surface area (Å²) in [5, 5.41) is 13.6. The number of rotatable bonds is 6. The molecule has 0 bridgehead atoms. The number of esters is 1. The molecule has 8 nitrogen and oxygen atoms in total. The van der Waals surface area contributed by atoms with Crippen molar-refractivity contribution in [2.75, 3.05) is 5.32 Å². The molecule has 8 heteroatoms. The van der Waals surface area contributed by atoms with Crippen LogP contribution in [0.2, 0.25) is 0 Å². The lowest BCUT2D eigenvalue weighted by molar-refractivity contribution is -0.123. The predicted molar refractivity (Wildman–Crippen MR) is 98.5 cm³/mol. The highest BCUT2D eigenvalue weighted by molar-refractivity contribution is 5.97. The fourth-order valence-electron chi connectivity index (χ4n) is 2.38. The molecule has 27 heavy (non-hydrogen) atoms. The molecule has 0 saturated carbocycles. The van der Waals surface area contributed by atoms with Gasteiger partial charge in [0.05, 0.1) is 11.3 Å². The van der Waals surface area contributed by atoms with Crippen molar-refractivity contribution in [3.05, 3.63) is 66.0 Å². The lowest BCUT2D eigenvalue weighted by atomic mass is 10.1. The van der Waals surface area contributed by atoms with Gasteiger partial charge in [0.1, 0.15) is 6.33 Å². The molecule has 0 unspecified atom stereocenters. The Labute approximate surface area is 156 Å². The van der Waals surface area contributed by atoms with Gasteiger partial charge in [-0.2, -0.15) is 0 Å². The average molecular weight is 365 g/mol. The van der Waals surface area contributed by atoms with Crippen molar-refractivity contribution in [3.63, 3.8) is 0 Å². The molecule has 138 valence electrons. The van der Waals surface area contributed by atoms with Crippen molar-refractivity contribution in [3.8, 4) is 5.69 Å². The zero-order chi connectivity index (χ0) is 19.2. The molecule has 0 radical (unpaired) electrons. The first-order chi connectivity index (χ1) is 13.1. The molecule has 0 spiro atoms. The van der Waals surface area contributed by atoms with E-state index in [0.29, 0.717) is 16.9 Å². The SMILES string of the molecule is CCc1ccc(NC(=O)[C@H](C)OC(=O)c2ccc(-n3cnnn3)cc2)cc1. The van der Waals surface area contributed by atoms with E-state index in [-0.39, 0.29) is 0 Å². The summed E-state index contributed by atoms with van der Waals surface area (Å²) in [6, 6.07) is 14.1. The van der Waals surface area contributed by atoms with Crippen LogP contribution in [-0.4, -0.2) is 38.2 Å². The lowest BCUT2D eigenvalue weighted by Crippen LogP contribution is -2.30. The maximum absolute atomic E-state index is 12.2. The molecule has 0 saturated heterocycles. The number of tetrazole rings is 1. The normalized spacial score (nSPS) is 11.6. The number of nitrogens with zero attached hydrogens (tertiary/aromatic N) is 4. The third-order valence-corrected chi connectivity index (χ3v) is 4.00. The largest absolute Gasteiger partial charge is 0.449 e. The number of carbonyl (C=O) groups is 2. The van der Waals surface area contributed by atoms with Crippen LogP contribution in [0, 0.1) is 0 Å². The Balaban J connectivity index is 1.58. The lowest BCUT2D eigenvalue weighted by Gasteiger charge is -2.14. The van der Waals surface area contributed by atoms with Gasteiger partial charge in [0.2, 0.25) is 0 Å². The third kappa shape index (κ3) is 4.55. The first-order valence-electron chi connectivity index (χ1n) is 8.51. The highest BCUT2D eigenvalue weighted by Crippen LogP contribution is 2.13. The third-order valence-electron chi connectivity index (χ3n) is 4.00. The molecule has 0 aliphatic rings. The van der Waals surface area contributed by atoms with Gasteiger partial charge in [-0.1, -0.05) is 19.1 Å². The highest BCUT2D eigenvalue weighted by atomic mass is 16.5. The van der Waals surface area contributed by atoms with Crippen LogP contribution in [0.1, 0.15) is 29.8 Å². The maximum Gasteiger partial charge on any atom is 0.338 e. The van der Waals surface area contributed by atoms with E-state index >= 15 is 0 Å². The van der Waals surface area contributed by atoms with Gasteiger partial charge in [-0.3, -0.25) is 4.79 Å². The standard InChI is InChI=1S/C19H19N5O3/c1-3-14-4-8-16(9-5-14)21-18(25)13(2)27-19(26)15-6-10-17(11-7-15)24-12-20-22-23-24/h4-13H,3H2,1-2H3,(H,21,25)/t13-/m0/s1. The van der Waals surface area contributed by atoms with Gasteiger partial charge in [-0.25, -0.2) is 9.48 Å². The van der Waals surface area contributed by atoms with Gasteiger partial charge in [0.25, 0.3) is 5.91 Å². The minimum atomic E-state index is -0.928. The summed E-state index contributed by atoms with van der Waals surface area (Å²) in [4.78, 5) is 24.5. The van der Waals surface area contributed by atoms with Crippen LogP contribution in [0.5, 0.6) is 0 Å². The van der Waals surface area contributed by atoms with E-state index in [4.69, 9.17) is 4.74 Å². The molecule has 1 aromatic heterocycles. The molecule has 0 aliphatic heterocycles. The second-order valence-corrected chi connectivity index (χ2v) is 5.89. The summed E-state index contributed by atoms with van der Waals surface area (Å²) in [6.45, 7) is 3.59. The zero-order valence-electron chi connectivity index (χ0n) is 15.0. The molecule has 1 amide bonds. The molecule has 0 aliphatic carbocycles. The summed E-state index contributed by atoms with van der Waals surface area (Å²) >= 11 is 0. The molecule has 1 atom stereocenters. The number of carbonyl (C=O) groups excluding carboxylic acids is 2. The summed E-state index contributed by atoms with van der Waals surface area (Å²) < 4.78 is 6.72. The van der Waals surface area contributed by atoms with E-state index < -0.39 is 18.0 Å². The van der Waals surface area contributed by atoms with Gasteiger partial charge in [-0.15, -0.1) is 5.10 Å². The van der Waals surface area contributed by atoms with Gasteiger partial charge in [0.15, 0.2) is 6.10 Å². The minimum absolute atomic E-state index is 0.332. The van der Waals surface area contributed by atoms with Crippen LogP contribution in [0.3, 0.4) is 0 Å². The molecule has 2 aromatic carbocycles. The maximum atomic E-state index is 12.2. The fraction of sp³-hybridized carbons (Fsp3) is 0.211. The first-order valence-corrected chi connectivity index (χ1v) is 8.51. The van der Waals surface area contributed by atoms with Crippen molar-refractivity contribution < 1.29 is 14.3 Å². The van der Waals surface area contributed by atoms with Gasteiger partial charge >= 0.3 is 5.97 Å². The second kappa shape index (κ2) is 8.22. The van der Waals surface area contributed by atoms with Crippen LogP contribution >= 0.6 is 0 Å². The van der Waals surface area contributed by atoms with Crippen molar-refractivity contribution >= 4 is 17.6 Å². The van der Waals surface area contributed by atoms with Crippen LogP contribution in [0.25, 0.3) is 5.69 Å². The van der Waals surface area contributed by atoms with Crippen molar-refractivity contribution in [2.45, 2.75) is 26.4 Å². The number of aromatic nitrogens is 4. The van der Waals surface area contributed by atoms with Gasteiger partial charge in [0, 0.05) is 5.69 Å². The van der Waals surface area contributed by atoms with Gasteiger partial charge in [-0.05, 0) is 65.7 Å².